The van der Waals surface area contributed by atoms with Crippen LogP contribution in [0.25, 0.3) is 5.69 Å². The maximum Gasteiger partial charge on any atom is 0.242 e. The molecule has 5 nitrogen and oxygen atoms in total. The Balaban J connectivity index is 1.60. The number of carbonyl (C=O) groups is 1. The van der Waals surface area contributed by atoms with Crippen LogP contribution in [0.5, 0.6) is 0 Å². The van der Waals surface area contributed by atoms with Crippen LogP contribution in [0.15, 0.2) is 67.0 Å². The molecule has 1 heterocycles. The Morgan fingerprint density at radius 2 is 1.85 bits per heavy atom. The fraction of sp³-hybridized carbons (Fsp3) is 0.238. The Morgan fingerprint density at radius 1 is 1.15 bits per heavy atom. The van der Waals surface area contributed by atoms with Crippen LogP contribution < -0.4 is 5.32 Å². The van der Waals surface area contributed by atoms with Crippen LogP contribution in [-0.2, 0) is 11.2 Å². The lowest BCUT2D eigenvalue weighted by molar-refractivity contribution is -0.125. The van der Waals surface area contributed by atoms with Crippen LogP contribution in [0.4, 0.5) is 4.39 Å². The lowest BCUT2D eigenvalue weighted by Gasteiger charge is -2.24. The van der Waals surface area contributed by atoms with Gasteiger partial charge in [-0.2, -0.15) is 5.10 Å². The summed E-state index contributed by atoms with van der Waals surface area (Å²) in [6.07, 6.45) is 4.39. The molecule has 0 aliphatic carbocycles. The second-order valence-electron chi connectivity index (χ2n) is 6.56. The van der Waals surface area contributed by atoms with Crippen molar-refractivity contribution in [3.05, 3.63) is 83.9 Å². The fourth-order valence-corrected chi connectivity index (χ4v) is 2.99. The minimum atomic E-state index is -0.668. The highest BCUT2D eigenvalue weighted by atomic mass is 19.1. The zero-order valence-electron chi connectivity index (χ0n) is 15.5. The van der Waals surface area contributed by atoms with Gasteiger partial charge in [0.1, 0.15) is 11.9 Å². The second-order valence-corrected chi connectivity index (χ2v) is 6.56. The lowest BCUT2D eigenvalue weighted by atomic mass is 10.0. The minimum absolute atomic E-state index is 0.222. The van der Waals surface area contributed by atoms with Crippen molar-refractivity contribution in [2.24, 2.45) is 0 Å². The molecule has 1 aromatic heterocycles. The number of aromatic nitrogens is 2. The van der Waals surface area contributed by atoms with Crippen molar-refractivity contribution in [1.82, 2.24) is 20.0 Å². The number of likely N-dealkylation sites (N-methyl/N-ethyl adjacent to an activating group) is 1. The molecule has 1 amide bonds. The average Bonchev–Trinajstić information content (AvgIpc) is 3.13. The molecule has 3 rings (SSSR count). The van der Waals surface area contributed by atoms with Gasteiger partial charge in [-0.05, 0) is 44.3 Å². The van der Waals surface area contributed by atoms with Gasteiger partial charge in [-0.1, -0.05) is 36.4 Å². The summed E-state index contributed by atoms with van der Waals surface area (Å²) in [5, 5.41) is 7.26. The number of nitrogens with one attached hydrogen (secondary N) is 1. The van der Waals surface area contributed by atoms with E-state index in [0.29, 0.717) is 18.5 Å². The summed E-state index contributed by atoms with van der Waals surface area (Å²) in [5.41, 5.74) is 2.38. The summed E-state index contributed by atoms with van der Waals surface area (Å²) < 4.78 is 15.9. The summed E-state index contributed by atoms with van der Waals surface area (Å²) in [6.45, 7) is 0.456. The molecule has 140 valence electrons. The highest BCUT2D eigenvalue weighted by Crippen LogP contribution is 2.21. The molecule has 0 aliphatic rings. The molecule has 0 fully saturated rings. The van der Waals surface area contributed by atoms with E-state index in [1.807, 2.05) is 36.5 Å². The first kappa shape index (κ1) is 18.8. The predicted molar refractivity (Wildman–Crippen MR) is 103 cm³/mol. The molecule has 0 bridgehead atoms. The number of amides is 1. The van der Waals surface area contributed by atoms with Gasteiger partial charge in [-0.3, -0.25) is 9.69 Å². The highest BCUT2D eigenvalue weighted by molar-refractivity contribution is 5.83. The Morgan fingerprint density at radius 3 is 2.56 bits per heavy atom. The van der Waals surface area contributed by atoms with Crippen LogP contribution >= 0.6 is 0 Å². The van der Waals surface area contributed by atoms with E-state index in [2.05, 4.69) is 10.4 Å². The number of halogens is 1. The van der Waals surface area contributed by atoms with Crippen molar-refractivity contribution >= 4 is 5.91 Å². The number of benzene rings is 2. The first-order valence-electron chi connectivity index (χ1n) is 8.84. The van der Waals surface area contributed by atoms with E-state index in [-0.39, 0.29) is 11.7 Å². The van der Waals surface area contributed by atoms with E-state index >= 15 is 0 Å². The van der Waals surface area contributed by atoms with Crippen molar-refractivity contribution in [3.63, 3.8) is 0 Å². The molecule has 6 heteroatoms. The largest absolute Gasteiger partial charge is 0.354 e. The highest BCUT2D eigenvalue weighted by Gasteiger charge is 2.25. The molecule has 2 aromatic carbocycles. The zero-order chi connectivity index (χ0) is 19.2. The predicted octanol–water partition coefficient (Wildman–Crippen LogP) is 2.97. The fourth-order valence-electron chi connectivity index (χ4n) is 2.99. The van der Waals surface area contributed by atoms with Gasteiger partial charge in [-0.25, -0.2) is 9.07 Å². The third kappa shape index (κ3) is 4.60. The third-order valence-electron chi connectivity index (χ3n) is 4.33. The summed E-state index contributed by atoms with van der Waals surface area (Å²) in [7, 11) is 3.53. The maximum atomic E-state index is 14.1. The molecule has 3 aromatic rings. The van der Waals surface area contributed by atoms with Crippen LogP contribution in [-0.4, -0.2) is 41.2 Å². The summed E-state index contributed by atoms with van der Waals surface area (Å²) in [4.78, 5) is 14.3. The molecule has 1 N–H and O–H groups in total. The summed E-state index contributed by atoms with van der Waals surface area (Å²) in [6, 6.07) is 15.5. The molecule has 27 heavy (non-hydrogen) atoms. The molecule has 1 atom stereocenters. The number of rotatable bonds is 7. The van der Waals surface area contributed by atoms with Gasteiger partial charge < -0.3 is 5.32 Å². The Hall–Kier alpha value is -2.99. The molecule has 1 unspecified atom stereocenters. The van der Waals surface area contributed by atoms with E-state index < -0.39 is 6.04 Å². The summed E-state index contributed by atoms with van der Waals surface area (Å²) in [5.74, 6) is -0.601. The number of carbonyl (C=O) groups excluding carboxylic acids is 1. The average molecular weight is 366 g/mol. The smallest absolute Gasteiger partial charge is 0.242 e. The summed E-state index contributed by atoms with van der Waals surface area (Å²) >= 11 is 0. The Kier molecular flexibility index (Phi) is 5.98. The molecule has 0 radical (unpaired) electrons. The van der Waals surface area contributed by atoms with Gasteiger partial charge in [0.05, 0.1) is 11.9 Å². The number of para-hydroxylation sites is 1. The van der Waals surface area contributed by atoms with E-state index in [1.165, 1.54) is 6.07 Å². The first-order chi connectivity index (χ1) is 13.1. The molecular formula is C21H23FN4O. The van der Waals surface area contributed by atoms with Gasteiger partial charge in [0.2, 0.25) is 5.91 Å². The van der Waals surface area contributed by atoms with Gasteiger partial charge in [0, 0.05) is 18.3 Å². The standard InChI is InChI=1S/C21H23FN4O/c1-25(2)20(18-10-6-7-11-19(18)22)21(27)23-13-12-16-14-24-26(15-16)17-8-4-3-5-9-17/h3-11,14-15,20H,12-13H2,1-2H3,(H,23,27). The molecule has 0 saturated heterocycles. The Bertz CT molecular complexity index is 892. The zero-order valence-corrected chi connectivity index (χ0v) is 15.5. The van der Waals surface area contributed by atoms with E-state index in [0.717, 1.165) is 11.3 Å². The van der Waals surface area contributed by atoms with Gasteiger partial charge >= 0.3 is 0 Å². The number of nitrogens with zero attached hydrogens (tertiary/aromatic N) is 3. The van der Waals surface area contributed by atoms with Crippen molar-refractivity contribution < 1.29 is 9.18 Å². The van der Waals surface area contributed by atoms with Crippen molar-refractivity contribution in [2.45, 2.75) is 12.5 Å². The molecule has 0 aliphatic heterocycles. The van der Waals surface area contributed by atoms with Gasteiger partial charge in [-0.15, -0.1) is 0 Å². The molecular weight excluding hydrogens is 343 g/mol. The molecule has 0 saturated carbocycles. The lowest BCUT2D eigenvalue weighted by Crippen LogP contribution is -2.38. The first-order valence-corrected chi connectivity index (χ1v) is 8.84. The number of hydrogen-bond acceptors (Lipinski definition) is 3. The van der Waals surface area contributed by atoms with Crippen LogP contribution in [0, 0.1) is 5.82 Å². The maximum absolute atomic E-state index is 14.1. The quantitative estimate of drug-likeness (QED) is 0.699. The van der Waals surface area contributed by atoms with E-state index in [1.54, 1.807) is 48.1 Å². The molecule has 0 spiro atoms. The van der Waals surface area contributed by atoms with Crippen molar-refractivity contribution in [3.8, 4) is 5.69 Å². The van der Waals surface area contributed by atoms with Gasteiger partial charge in [0.25, 0.3) is 0 Å². The monoisotopic (exact) mass is 366 g/mol. The number of hydrogen-bond donors (Lipinski definition) is 1. The van der Waals surface area contributed by atoms with Crippen molar-refractivity contribution in [1.29, 1.82) is 0 Å². The minimum Gasteiger partial charge on any atom is -0.354 e. The third-order valence-corrected chi connectivity index (χ3v) is 4.33. The van der Waals surface area contributed by atoms with E-state index in [4.69, 9.17) is 0 Å². The van der Waals surface area contributed by atoms with Crippen LogP contribution in [0.1, 0.15) is 17.2 Å². The van der Waals surface area contributed by atoms with Crippen LogP contribution in [0.3, 0.4) is 0 Å². The SMILES string of the molecule is CN(C)C(C(=O)NCCc1cnn(-c2ccccc2)c1)c1ccccc1F. The Labute approximate surface area is 158 Å². The normalized spacial score (nSPS) is 12.1. The van der Waals surface area contributed by atoms with Crippen LogP contribution in [0.2, 0.25) is 0 Å². The van der Waals surface area contributed by atoms with Crippen molar-refractivity contribution in [2.75, 3.05) is 20.6 Å². The van der Waals surface area contributed by atoms with E-state index in [9.17, 15) is 9.18 Å². The topological polar surface area (TPSA) is 50.2 Å². The second kappa shape index (κ2) is 8.60. The van der Waals surface area contributed by atoms with Gasteiger partial charge in [0.15, 0.2) is 0 Å².